The summed E-state index contributed by atoms with van der Waals surface area (Å²) in [7, 11) is 0. The molecule has 2 rings (SSSR count). The Labute approximate surface area is 151 Å². The predicted octanol–water partition coefficient (Wildman–Crippen LogP) is 2.02. The summed E-state index contributed by atoms with van der Waals surface area (Å²) < 4.78 is 45.4. The number of benzene rings is 1. The number of hydrogen-bond donors (Lipinski definition) is 2. The second kappa shape index (κ2) is 9.23. The Morgan fingerprint density at radius 2 is 2.00 bits per heavy atom. The van der Waals surface area contributed by atoms with Gasteiger partial charge in [0.2, 0.25) is 5.91 Å². The summed E-state index contributed by atoms with van der Waals surface area (Å²) in [5, 5.41) is 5.42. The van der Waals surface area contributed by atoms with Crippen LogP contribution >= 0.6 is 0 Å². The Bertz CT molecular complexity index is 602. The van der Waals surface area contributed by atoms with Gasteiger partial charge in [-0.05, 0) is 31.0 Å². The molecule has 0 saturated carbocycles. The van der Waals surface area contributed by atoms with Crippen LogP contribution in [0.1, 0.15) is 17.5 Å². The molecule has 1 amide bonds. The van der Waals surface area contributed by atoms with E-state index in [-0.39, 0.29) is 13.0 Å². The second-order valence-corrected chi connectivity index (χ2v) is 6.51. The zero-order chi connectivity index (χ0) is 19.2. The third kappa shape index (κ3) is 6.17. The van der Waals surface area contributed by atoms with Crippen molar-refractivity contribution in [1.82, 2.24) is 15.5 Å². The normalized spacial score (nSPS) is 17.0. The van der Waals surface area contributed by atoms with Crippen molar-refractivity contribution in [2.45, 2.75) is 32.5 Å². The van der Waals surface area contributed by atoms with Crippen LogP contribution in [0.4, 0.5) is 13.2 Å². The molecule has 1 saturated heterocycles. The first-order valence-corrected chi connectivity index (χ1v) is 8.75. The number of amides is 1. The molecule has 1 fully saturated rings. The van der Waals surface area contributed by atoms with E-state index < -0.39 is 24.7 Å². The highest BCUT2D eigenvalue weighted by atomic mass is 19.4. The minimum Gasteiger partial charge on any atom is -0.493 e. The first-order valence-electron chi connectivity index (χ1n) is 8.75. The van der Waals surface area contributed by atoms with E-state index >= 15 is 0 Å². The molecule has 0 bridgehead atoms. The summed E-state index contributed by atoms with van der Waals surface area (Å²) in [5.74, 6) is 0.242. The van der Waals surface area contributed by atoms with Gasteiger partial charge in [0.15, 0.2) is 0 Å². The average Bonchev–Trinajstić information content (AvgIpc) is 2.58. The van der Waals surface area contributed by atoms with Gasteiger partial charge in [-0.1, -0.05) is 12.1 Å². The van der Waals surface area contributed by atoms with Crippen LogP contribution in [0.3, 0.4) is 0 Å². The summed E-state index contributed by atoms with van der Waals surface area (Å²) in [5.41, 5.74) is 1.99. The van der Waals surface area contributed by atoms with Crippen molar-refractivity contribution in [3.63, 3.8) is 0 Å². The van der Waals surface area contributed by atoms with Crippen LogP contribution in [-0.2, 0) is 4.79 Å². The number of aryl methyl sites for hydroxylation is 2. The van der Waals surface area contributed by atoms with Gasteiger partial charge in [-0.2, -0.15) is 13.2 Å². The Kier molecular flexibility index (Phi) is 7.28. The van der Waals surface area contributed by atoms with E-state index in [0.717, 1.165) is 11.1 Å². The molecular weight excluding hydrogens is 347 g/mol. The molecule has 1 atom stereocenters. The van der Waals surface area contributed by atoms with Crippen molar-refractivity contribution in [1.29, 1.82) is 0 Å². The SMILES string of the molecule is Cc1ccc(C)c(OCCC(=O)NCC(N2CCNCC2)C(F)(F)F)c1. The van der Waals surface area contributed by atoms with E-state index in [4.69, 9.17) is 4.74 Å². The Morgan fingerprint density at radius 3 is 2.65 bits per heavy atom. The fraction of sp³-hybridized carbons (Fsp3) is 0.611. The number of carbonyl (C=O) groups is 1. The lowest BCUT2D eigenvalue weighted by Gasteiger charge is -2.35. The number of rotatable bonds is 7. The number of alkyl halides is 3. The number of ether oxygens (including phenoxy) is 1. The molecule has 1 aliphatic rings. The fourth-order valence-electron chi connectivity index (χ4n) is 2.86. The molecule has 0 spiro atoms. The van der Waals surface area contributed by atoms with Crippen LogP contribution in [0.2, 0.25) is 0 Å². The number of nitrogens with one attached hydrogen (secondary N) is 2. The summed E-state index contributed by atoms with van der Waals surface area (Å²) in [6.07, 6.45) is -4.36. The highest BCUT2D eigenvalue weighted by molar-refractivity contribution is 5.76. The molecule has 8 heteroatoms. The van der Waals surface area contributed by atoms with Crippen LogP contribution < -0.4 is 15.4 Å². The van der Waals surface area contributed by atoms with Crippen LogP contribution in [0.15, 0.2) is 18.2 Å². The fourth-order valence-corrected chi connectivity index (χ4v) is 2.86. The predicted molar refractivity (Wildman–Crippen MR) is 93.3 cm³/mol. The van der Waals surface area contributed by atoms with E-state index in [9.17, 15) is 18.0 Å². The van der Waals surface area contributed by atoms with E-state index in [2.05, 4.69) is 10.6 Å². The van der Waals surface area contributed by atoms with Gasteiger partial charge in [0.05, 0.1) is 13.0 Å². The lowest BCUT2D eigenvalue weighted by molar-refractivity contribution is -0.184. The maximum Gasteiger partial charge on any atom is 0.405 e. The number of carbonyl (C=O) groups excluding carboxylic acids is 1. The van der Waals surface area contributed by atoms with E-state index in [1.54, 1.807) is 0 Å². The zero-order valence-electron chi connectivity index (χ0n) is 15.2. The minimum atomic E-state index is -4.38. The summed E-state index contributed by atoms with van der Waals surface area (Å²) in [4.78, 5) is 13.3. The molecule has 1 aromatic carbocycles. The van der Waals surface area contributed by atoms with Gasteiger partial charge < -0.3 is 15.4 Å². The van der Waals surface area contributed by atoms with Gasteiger partial charge in [0.25, 0.3) is 0 Å². The Balaban J connectivity index is 1.79. The summed E-state index contributed by atoms with van der Waals surface area (Å²) in [6, 6.07) is 4.10. The minimum absolute atomic E-state index is 0.0134. The largest absolute Gasteiger partial charge is 0.493 e. The third-order valence-corrected chi connectivity index (χ3v) is 4.39. The van der Waals surface area contributed by atoms with Crippen molar-refractivity contribution >= 4 is 5.91 Å². The third-order valence-electron chi connectivity index (χ3n) is 4.39. The molecule has 1 heterocycles. The van der Waals surface area contributed by atoms with Crippen molar-refractivity contribution in [3.8, 4) is 5.75 Å². The molecule has 0 aromatic heterocycles. The maximum atomic E-state index is 13.3. The molecule has 146 valence electrons. The number of piperazine rings is 1. The van der Waals surface area contributed by atoms with E-state index in [1.165, 1.54) is 4.90 Å². The number of nitrogens with zero attached hydrogens (tertiary/aromatic N) is 1. The molecule has 0 radical (unpaired) electrons. The lowest BCUT2D eigenvalue weighted by Crippen LogP contribution is -2.57. The summed E-state index contributed by atoms with van der Waals surface area (Å²) >= 11 is 0. The molecule has 0 aliphatic carbocycles. The van der Waals surface area contributed by atoms with Crippen molar-refractivity contribution in [2.75, 3.05) is 39.3 Å². The first-order chi connectivity index (χ1) is 12.3. The quantitative estimate of drug-likeness (QED) is 0.768. The molecular formula is C18H26F3N3O2. The van der Waals surface area contributed by atoms with Gasteiger partial charge in [-0.3, -0.25) is 9.69 Å². The smallest absolute Gasteiger partial charge is 0.405 e. The monoisotopic (exact) mass is 373 g/mol. The average molecular weight is 373 g/mol. The van der Waals surface area contributed by atoms with Crippen LogP contribution in [0.5, 0.6) is 5.75 Å². The molecule has 5 nitrogen and oxygen atoms in total. The molecule has 1 aliphatic heterocycles. The van der Waals surface area contributed by atoms with Crippen LogP contribution in [0.25, 0.3) is 0 Å². The highest BCUT2D eigenvalue weighted by Gasteiger charge is 2.43. The maximum absolute atomic E-state index is 13.3. The van der Waals surface area contributed by atoms with E-state index in [0.29, 0.717) is 31.9 Å². The van der Waals surface area contributed by atoms with Crippen LogP contribution in [-0.4, -0.2) is 62.4 Å². The highest BCUT2D eigenvalue weighted by Crippen LogP contribution is 2.25. The van der Waals surface area contributed by atoms with Crippen LogP contribution in [0, 0.1) is 13.8 Å². The van der Waals surface area contributed by atoms with Gasteiger partial charge >= 0.3 is 6.18 Å². The zero-order valence-corrected chi connectivity index (χ0v) is 15.2. The standard InChI is InChI=1S/C18H26F3N3O2/c1-13-3-4-14(2)15(11-13)26-10-5-17(25)23-12-16(18(19,20)21)24-8-6-22-7-9-24/h3-4,11,16,22H,5-10,12H2,1-2H3,(H,23,25). The second-order valence-electron chi connectivity index (χ2n) is 6.51. The Hall–Kier alpha value is -1.80. The molecule has 1 aromatic rings. The number of hydrogen-bond acceptors (Lipinski definition) is 4. The van der Waals surface area contributed by atoms with Crippen molar-refractivity contribution < 1.29 is 22.7 Å². The Morgan fingerprint density at radius 1 is 1.31 bits per heavy atom. The molecule has 1 unspecified atom stereocenters. The molecule has 2 N–H and O–H groups in total. The van der Waals surface area contributed by atoms with Gasteiger partial charge in [-0.25, -0.2) is 0 Å². The lowest BCUT2D eigenvalue weighted by atomic mass is 10.1. The van der Waals surface area contributed by atoms with E-state index in [1.807, 2.05) is 32.0 Å². The first kappa shape index (κ1) is 20.5. The van der Waals surface area contributed by atoms with Gasteiger partial charge in [0.1, 0.15) is 11.8 Å². The molecule has 26 heavy (non-hydrogen) atoms. The van der Waals surface area contributed by atoms with Crippen molar-refractivity contribution in [3.05, 3.63) is 29.3 Å². The summed E-state index contributed by atoms with van der Waals surface area (Å²) in [6.45, 7) is 5.19. The van der Waals surface area contributed by atoms with Gasteiger partial charge in [0, 0.05) is 32.7 Å². The topological polar surface area (TPSA) is 53.6 Å². The van der Waals surface area contributed by atoms with Gasteiger partial charge in [-0.15, -0.1) is 0 Å². The number of halogens is 3. The van der Waals surface area contributed by atoms with Crippen molar-refractivity contribution in [2.24, 2.45) is 0 Å².